The molecule has 0 bridgehead atoms. The predicted molar refractivity (Wildman–Crippen MR) is 47.8 cm³/mol. The lowest BCUT2D eigenvalue weighted by atomic mass is 10.2. The maximum Gasteiger partial charge on any atom is 0.436 e. The molecule has 0 saturated carbocycles. The molecular weight excluding hydrogens is 454 g/mol. The summed E-state index contributed by atoms with van der Waals surface area (Å²) >= 11 is -0.487. The number of halogens is 10. The monoisotopic (exact) mass is 454 g/mol. The molecule has 0 aromatic rings. The average Bonchev–Trinajstić information content (AvgIpc) is 1.81. The molecule has 0 saturated heterocycles. The van der Waals surface area contributed by atoms with Crippen LogP contribution in [0.15, 0.2) is 0 Å². The molecule has 0 spiro atoms. The van der Waals surface area contributed by atoms with Crippen molar-refractivity contribution in [2.45, 2.75) is 19.7 Å². The van der Waals surface area contributed by atoms with E-state index in [0.29, 0.717) is 0 Å². The van der Waals surface area contributed by atoms with Crippen molar-refractivity contribution in [2.75, 3.05) is 0 Å². The third-order valence-corrected chi connectivity index (χ3v) is 4.85. The largest absolute Gasteiger partial charge is 0.436 e. The van der Waals surface area contributed by atoms with Crippen LogP contribution in [0.1, 0.15) is 0 Å². The Bertz CT molecular complexity index is 188. The fourth-order valence-corrected chi connectivity index (χ4v) is 0.968. The van der Waals surface area contributed by atoms with Crippen molar-refractivity contribution in [3.8, 4) is 0 Å². The minimum atomic E-state index is -5.95. The van der Waals surface area contributed by atoms with Gasteiger partial charge in [-0.3, -0.25) is 0 Å². The first-order valence-electron chi connectivity index (χ1n) is 2.64. The van der Waals surface area contributed by atoms with Gasteiger partial charge in [0.15, 0.2) is 0 Å². The third kappa shape index (κ3) is 2.35. The molecule has 2 atom stereocenters. The minimum absolute atomic E-state index is 0.244. The fourth-order valence-electron chi connectivity index (χ4n) is 0.356. The lowest BCUT2D eigenvalue weighted by molar-refractivity contribution is -0.270. The minimum Gasteiger partial charge on any atom is -0.217 e. The molecule has 0 aliphatic carbocycles. The van der Waals surface area contributed by atoms with Crippen molar-refractivity contribution in [1.82, 2.24) is 0 Å². The zero-order valence-corrected chi connectivity index (χ0v) is 10.1. The second-order valence-electron chi connectivity index (χ2n) is 2.14. The van der Waals surface area contributed by atoms with Gasteiger partial charge in [-0.1, -0.05) is 0 Å². The van der Waals surface area contributed by atoms with Crippen molar-refractivity contribution in [3.63, 3.8) is 0 Å². The number of rotatable bonds is 1. The van der Waals surface area contributed by atoms with Gasteiger partial charge in [0.25, 0.3) is 0 Å². The molecule has 0 N–H and O–H groups in total. The smallest absolute Gasteiger partial charge is 0.217 e. The Kier molecular flexibility index (Phi) is 3.97. The van der Waals surface area contributed by atoms with E-state index in [1.54, 1.807) is 0 Å². The molecule has 0 radical (unpaired) electrons. The topological polar surface area (TPSA) is 0 Å². The van der Waals surface area contributed by atoms with Crippen LogP contribution >= 0.6 is 45.2 Å². The van der Waals surface area contributed by atoms with Gasteiger partial charge in [0, 0.05) is 0 Å². The lowest BCUT2D eigenvalue weighted by Crippen LogP contribution is -2.57. The summed E-state index contributed by atoms with van der Waals surface area (Å²) in [6.07, 6.45) is -11.9. The molecular formula is C4F8I2. The Hall–Kier alpha value is 0.900. The quantitative estimate of drug-likeness (QED) is 0.315. The van der Waals surface area contributed by atoms with Crippen LogP contribution in [-0.4, -0.2) is 19.7 Å². The van der Waals surface area contributed by atoms with Gasteiger partial charge in [0.1, 0.15) is 0 Å². The molecule has 0 aliphatic heterocycles. The highest BCUT2D eigenvalue weighted by Crippen LogP contribution is 2.58. The summed E-state index contributed by atoms with van der Waals surface area (Å²) in [7, 11) is 0. The molecule has 86 valence electrons. The van der Waals surface area contributed by atoms with Crippen molar-refractivity contribution in [3.05, 3.63) is 0 Å². The van der Waals surface area contributed by atoms with Crippen LogP contribution < -0.4 is 0 Å². The van der Waals surface area contributed by atoms with Gasteiger partial charge in [-0.25, -0.2) is 8.78 Å². The van der Waals surface area contributed by atoms with E-state index in [1.807, 2.05) is 0 Å². The molecule has 0 aromatic carbocycles. The van der Waals surface area contributed by atoms with Crippen molar-refractivity contribution >= 4 is 45.2 Å². The van der Waals surface area contributed by atoms with Crippen molar-refractivity contribution in [2.24, 2.45) is 0 Å². The molecule has 0 heterocycles. The van der Waals surface area contributed by atoms with E-state index < -0.39 is 19.7 Å². The van der Waals surface area contributed by atoms with Crippen LogP contribution in [0.25, 0.3) is 0 Å². The molecule has 14 heavy (non-hydrogen) atoms. The summed E-state index contributed by atoms with van der Waals surface area (Å²) in [6.45, 7) is 0. The Morgan fingerprint density at radius 3 is 0.714 bits per heavy atom. The number of hydrogen-bond donors (Lipinski definition) is 0. The highest BCUT2D eigenvalue weighted by molar-refractivity contribution is 14.1. The van der Waals surface area contributed by atoms with E-state index in [4.69, 9.17) is 0 Å². The first-order valence-corrected chi connectivity index (χ1v) is 4.80. The molecule has 10 heteroatoms. The highest BCUT2D eigenvalue weighted by atomic mass is 127. The Morgan fingerprint density at radius 2 is 0.643 bits per heavy atom. The Balaban J connectivity index is 5.30. The standard InChI is InChI=1S/C4F8I2/c5-1(13,3(7,8)9)2(6,14)4(10,11)12. The van der Waals surface area contributed by atoms with Gasteiger partial charge in [-0.05, 0) is 45.2 Å². The summed E-state index contributed by atoms with van der Waals surface area (Å²) in [6, 6.07) is 0. The molecule has 0 aliphatic rings. The average molecular weight is 454 g/mol. The molecule has 2 unspecified atom stereocenters. The predicted octanol–water partition coefficient (Wildman–Crippen LogP) is 4.31. The zero-order chi connectivity index (χ0) is 12.0. The van der Waals surface area contributed by atoms with Crippen LogP contribution in [0.4, 0.5) is 35.1 Å². The van der Waals surface area contributed by atoms with Gasteiger partial charge >= 0.3 is 19.7 Å². The second kappa shape index (κ2) is 3.73. The molecule has 0 aromatic heterocycles. The zero-order valence-electron chi connectivity index (χ0n) is 5.78. The van der Waals surface area contributed by atoms with Crippen LogP contribution in [0.2, 0.25) is 0 Å². The van der Waals surface area contributed by atoms with Crippen LogP contribution in [0, 0.1) is 0 Å². The summed E-state index contributed by atoms with van der Waals surface area (Å²) in [5, 5.41) is 0. The Morgan fingerprint density at radius 1 is 0.500 bits per heavy atom. The summed E-state index contributed by atoms with van der Waals surface area (Å²) in [5.74, 6) is 0. The SMILES string of the molecule is FC(F)(F)C(F)(I)C(F)(I)C(F)(F)F. The summed E-state index contributed by atoms with van der Waals surface area (Å²) in [4.78, 5) is 0. The van der Waals surface area contributed by atoms with E-state index in [1.165, 1.54) is 0 Å². The first-order chi connectivity index (χ1) is 5.75. The summed E-state index contributed by atoms with van der Waals surface area (Å²) < 4.78 is 85.6. The highest BCUT2D eigenvalue weighted by Gasteiger charge is 2.77. The Labute approximate surface area is 99.7 Å². The van der Waals surface area contributed by atoms with Crippen LogP contribution in [-0.2, 0) is 0 Å². The van der Waals surface area contributed by atoms with E-state index >= 15 is 0 Å². The van der Waals surface area contributed by atoms with E-state index in [-0.39, 0.29) is 45.2 Å². The van der Waals surface area contributed by atoms with Gasteiger partial charge in [-0.2, -0.15) is 26.3 Å². The van der Waals surface area contributed by atoms with Gasteiger partial charge < -0.3 is 0 Å². The first kappa shape index (κ1) is 14.9. The third-order valence-electron chi connectivity index (χ3n) is 1.11. The van der Waals surface area contributed by atoms with Gasteiger partial charge in [0.05, 0.1) is 0 Å². The van der Waals surface area contributed by atoms with E-state index in [2.05, 4.69) is 0 Å². The summed E-state index contributed by atoms with van der Waals surface area (Å²) in [5.41, 5.74) is 0. The normalized spacial score (nSPS) is 22.7. The molecule has 0 fully saturated rings. The van der Waals surface area contributed by atoms with Gasteiger partial charge in [-0.15, -0.1) is 0 Å². The van der Waals surface area contributed by atoms with Crippen molar-refractivity contribution in [1.29, 1.82) is 0 Å². The fraction of sp³-hybridized carbons (Fsp3) is 1.00. The van der Waals surface area contributed by atoms with Crippen molar-refractivity contribution < 1.29 is 35.1 Å². The number of alkyl halides is 10. The van der Waals surface area contributed by atoms with E-state index in [0.717, 1.165) is 0 Å². The second-order valence-corrected chi connectivity index (χ2v) is 5.12. The van der Waals surface area contributed by atoms with Gasteiger partial charge in [0.2, 0.25) is 0 Å². The van der Waals surface area contributed by atoms with Crippen LogP contribution in [0.3, 0.4) is 0 Å². The maximum atomic E-state index is 12.6. The molecule has 0 nitrogen and oxygen atoms in total. The maximum absolute atomic E-state index is 12.6. The molecule has 0 amide bonds. The van der Waals surface area contributed by atoms with E-state index in [9.17, 15) is 35.1 Å². The lowest BCUT2D eigenvalue weighted by Gasteiger charge is -2.33. The molecule has 0 rings (SSSR count). The number of hydrogen-bond acceptors (Lipinski definition) is 0. The van der Waals surface area contributed by atoms with Crippen LogP contribution in [0.5, 0.6) is 0 Å².